The van der Waals surface area contributed by atoms with Gasteiger partial charge in [0.1, 0.15) is 0 Å². The standard InChI is InChI=1S/C7H16N4O/c1-11-2-3-12-6(5-11)4-10-7(8)9/h6H,2-5H2,1H3,(H4,8,9,10). The summed E-state index contributed by atoms with van der Waals surface area (Å²) in [6.45, 7) is 3.21. The van der Waals surface area contributed by atoms with E-state index in [-0.39, 0.29) is 12.1 Å². The topological polar surface area (TPSA) is 76.9 Å². The van der Waals surface area contributed by atoms with Crippen molar-refractivity contribution in [2.75, 3.05) is 33.3 Å². The van der Waals surface area contributed by atoms with Gasteiger partial charge in [0.15, 0.2) is 5.96 Å². The predicted molar refractivity (Wildman–Crippen MR) is 47.9 cm³/mol. The highest BCUT2D eigenvalue weighted by Gasteiger charge is 2.16. The van der Waals surface area contributed by atoms with E-state index in [2.05, 4.69) is 16.9 Å². The Bertz CT molecular complexity index is 167. The molecule has 1 heterocycles. The van der Waals surface area contributed by atoms with Crippen LogP contribution in [0.2, 0.25) is 0 Å². The second-order valence-corrected chi connectivity index (χ2v) is 3.02. The molecule has 0 aliphatic carbocycles. The molecule has 1 unspecified atom stereocenters. The predicted octanol–water partition coefficient (Wildman–Crippen LogP) is -1.41. The molecular weight excluding hydrogens is 156 g/mol. The zero-order valence-corrected chi connectivity index (χ0v) is 7.36. The maximum Gasteiger partial charge on any atom is 0.185 e. The lowest BCUT2D eigenvalue weighted by Crippen LogP contribution is -2.42. The Labute approximate surface area is 72.4 Å². The summed E-state index contributed by atoms with van der Waals surface area (Å²) in [4.78, 5) is 6.11. The van der Waals surface area contributed by atoms with Crippen LogP contribution in [0.1, 0.15) is 0 Å². The van der Waals surface area contributed by atoms with E-state index in [1.807, 2.05) is 0 Å². The van der Waals surface area contributed by atoms with Gasteiger partial charge in [0.25, 0.3) is 0 Å². The Kier molecular flexibility index (Phi) is 3.31. The number of likely N-dealkylation sites (N-methyl/N-ethyl adjacent to an activating group) is 1. The first-order valence-corrected chi connectivity index (χ1v) is 4.04. The number of aliphatic imine (C=N–C) groups is 1. The van der Waals surface area contributed by atoms with Crippen LogP contribution in [0.15, 0.2) is 4.99 Å². The van der Waals surface area contributed by atoms with Gasteiger partial charge in [0.2, 0.25) is 0 Å². The zero-order valence-electron chi connectivity index (χ0n) is 7.36. The van der Waals surface area contributed by atoms with E-state index < -0.39 is 0 Å². The van der Waals surface area contributed by atoms with Crippen LogP contribution in [-0.4, -0.2) is 50.3 Å². The van der Waals surface area contributed by atoms with Gasteiger partial charge in [0, 0.05) is 13.1 Å². The summed E-state index contributed by atoms with van der Waals surface area (Å²) >= 11 is 0. The van der Waals surface area contributed by atoms with Crippen LogP contribution in [-0.2, 0) is 4.74 Å². The van der Waals surface area contributed by atoms with Crippen LogP contribution in [0.3, 0.4) is 0 Å². The average molecular weight is 172 g/mol. The minimum Gasteiger partial charge on any atom is -0.374 e. The van der Waals surface area contributed by atoms with Gasteiger partial charge in [-0.1, -0.05) is 0 Å². The van der Waals surface area contributed by atoms with Gasteiger partial charge >= 0.3 is 0 Å². The molecule has 0 aromatic heterocycles. The highest BCUT2D eigenvalue weighted by Crippen LogP contribution is 2.02. The molecular formula is C7H16N4O. The summed E-state index contributed by atoms with van der Waals surface area (Å²) in [5.74, 6) is 0.131. The van der Waals surface area contributed by atoms with Gasteiger partial charge in [-0.3, -0.25) is 4.99 Å². The number of hydrogen-bond donors (Lipinski definition) is 2. The molecule has 5 nitrogen and oxygen atoms in total. The van der Waals surface area contributed by atoms with Crippen molar-refractivity contribution in [1.82, 2.24) is 4.90 Å². The van der Waals surface area contributed by atoms with Crippen LogP contribution in [0.4, 0.5) is 0 Å². The SMILES string of the molecule is CN1CCOC(CN=C(N)N)C1. The molecule has 4 N–H and O–H groups in total. The molecule has 12 heavy (non-hydrogen) atoms. The van der Waals surface area contributed by atoms with Crippen LogP contribution >= 0.6 is 0 Å². The van der Waals surface area contributed by atoms with Gasteiger partial charge in [-0.05, 0) is 7.05 Å². The third-order valence-electron chi connectivity index (χ3n) is 1.82. The molecule has 0 bridgehead atoms. The van der Waals surface area contributed by atoms with Crippen LogP contribution in [0.5, 0.6) is 0 Å². The number of rotatable bonds is 2. The van der Waals surface area contributed by atoms with Crippen LogP contribution < -0.4 is 11.5 Å². The fourth-order valence-corrected chi connectivity index (χ4v) is 1.18. The Hall–Kier alpha value is -0.810. The molecule has 70 valence electrons. The first-order valence-electron chi connectivity index (χ1n) is 4.04. The van der Waals surface area contributed by atoms with Crippen molar-refractivity contribution in [3.8, 4) is 0 Å². The maximum atomic E-state index is 5.44. The van der Waals surface area contributed by atoms with Gasteiger partial charge in [0.05, 0.1) is 19.3 Å². The minimum absolute atomic E-state index is 0.131. The lowest BCUT2D eigenvalue weighted by Gasteiger charge is -2.28. The molecule has 0 saturated carbocycles. The van der Waals surface area contributed by atoms with Crippen molar-refractivity contribution in [2.24, 2.45) is 16.5 Å². The average Bonchev–Trinajstić information content (AvgIpc) is 2.01. The summed E-state index contributed by atoms with van der Waals surface area (Å²) in [5.41, 5.74) is 10.4. The molecule has 0 spiro atoms. The zero-order chi connectivity index (χ0) is 8.97. The first-order chi connectivity index (χ1) is 5.68. The molecule has 1 aliphatic heterocycles. The molecule has 5 heteroatoms. The van der Waals surface area contributed by atoms with E-state index in [1.165, 1.54) is 0 Å². The van der Waals surface area contributed by atoms with Crippen molar-refractivity contribution >= 4 is 5.96 Å². The minimum atomic E-state index is 0.131. The molecule has 0 amide bonds. The molecule has 0 radical (unpaired) electrons. The molecule has 1 saturated heterocycles. The molecule has 1 rings (SSSR count). The quantitative estimate of drug-likeness (QED) is 0.396. The number of morpholine rings is 1. The van der Waals surface area contributed by atoms with Gasteiger partial charge in [-0.25, -0.2) is 0 Å². The number of nitrogens with zero attached hydrogens (tertiary/aromatic N) is 2. The Balaban J connectivity index is 2.27. The molecule has 1 atom stereocenters. The third kappa shape index (κ3) is 3.06. The molecule has 1 fully saturated rings. The van der Waals surface area contributed by atoms with E-state index in [4.69, 9.17) is 16.2 Å². The summed E-state index contributed by atoms with van der Waals surface area (Å²) in [6.07, 6.45) is 0.144. The fourth-order valence-electron chi connectivity index (χ4n) is 1.18. The normalized spacial score (nSPS) is 25.2. The second kappa shape index (κ2) is 4.27. The number of guanidine groups is 1. The van der Waals surface area contributed by atoms with E-state index in [0.717, 1.165) is 19.7 Å². The summed E-state index contributed by atoms with van der Waals surface area (Å²) in [5, 5.41) is 0. The van der Waals surface area contributed by atoms with Crippen molar-refractivity contribution < 1.29 is 4.74 Å². The van der Waals surface area contributed by atoms with Crippen molar-refractivity contribution in [3.63, 3.8) is 0 Å². The molecule has 1 aliphatic rings. The van der Waals surface area contributed by atoms with E-state index in [9.17, 15) is 0 Å². The smallest absolute Gasteiger partial charge is 0.185 e. The monoisotopic (exact) mass is 172 g/mol. The summed E-state index contributed by atoms with van der Waals surface area (Å²) in [6, 6.07) is 0. The van der Waals surface area contributed by atoms with Crippen LogP contribution in [0, 0.1) is 0 Å². The largest absolute Gasteiger partial charge is 0.374 e. The lowest BCUT2D eigenvalue weighted by molar-refractivity contribution is -0.0136. The Morgan fingerprint density at radius 2 is 2.42 bits per heavy atom. The Morgan fingerprint density at radius 1 is 1.67 bits per heavy atom. The van der Waals surface area contributed by atoms with Crippen LogP contribution in [0.25, 0.3) is 0 Å². The number of hydrogen-bond acceptors (Lipinski definition) is 3. The highest BCUT2D eigenvalue weighted by atomic mass is 16.5. The van der Waals surface area contributed by atoms with E-state index >= 15 is 0 Å². The third-order valence-corrected chi connectivity index (χ3v) is 1.82. The molecule has 0 aromatic carbocycles. The van der Waals surface area contributed by atoms with Crippen molar-refractivity contribution in [3.05, 3.63) is 0 Å². The Morgan fingerprint density at radius 3 is 3.00 bits per heavy atom. The summed E-state index contributed by atoms with van der Waals surface area (Å²) in [7, 11) is 2.06. The fraction of sp³-hybridized carbons (Fsp3) is 0.857. The second-order valence-electron chi connectivity index (χ2n) is 3.02. The van der Waals surface area contributed by atoms with Gasteiger partial charge in [-0.15, -0.1) is 0 Å². The highest BCUT2D eigenvalue weighted by molar-refractivity contribution is 5.75. The number of nitrogens with two attached hydrogens (primary N) is 2. The van der Waals surface area contributed by atoms with Gasteiger partial charge < -0.3 is 21.1 Å². The van der Waals surface area contributed by atoms with Gasteiger partial charge in [-0.2, -0.15) is 0 Å². The first kappa shape index (κ1) is 9.28. The summed E-state index contributed by atoms with van der Waals surface area (Å²) < 4.78 is 5.44. The van der Waals surface area contributed by atoms with Crippen molar-refractivity contribution in [1.29, 1.82) is 0 Å². The maximum absolute atomic E-state index is 5.44. The van der Waals surface area contributed by atoms with Crippen molar-refractivity contribution in [2.45, 2.75) is 6.10 Å². The number of ether oxygens (including phenoxy) is 1. The lowest BCUT2D eigenvalue weighted by atomic mass is 10.3. The molecule has 0 aromatic rings. The van der Waals surface area contributed by atoms with E-state index in [0.29, 0.717) is 6.54 Å². The van der Waals surface area contributed by atoms with E-state index in [1.54, 1.807) is 0 Å².